The number of nitrogens with zero attached hydrogens (tertiary/aromatic N) is 1. The van der Waals surface area contributed by atoms with Gasteiger partial charge in [-0.15, -0.1) is 0 Å². The monoisotopic (exact) mass is 371 g/mol. The molecule has 0 aliphatic carbocycles. The number of methoxy groups -OCH3 is 1. The molecule has 1 heterocycles. The summed E-state index contributed by atoms with van der Waals surface area (Å²) < 4.78 is 11.0. The first-order valence-electron chi connectivity index (χ1n) is 8.83. The molecule has 2 atom stereocenters. The molecular formula is C21H25NO5. The highest BCUT2D eigenvalue weighted by Gasteiger charge is 2.58. The summed E-state index contributed by atoms with van der Waals surface area (Å²) in [6.45, 7) is 3.50. The number of rotatable bonds is 5. The van der Waals surface area contributed by atoms with E-state index in [2.05, 4.69) is 0 Å². The summed E-state index contributed by atoms with van der Waals surface area (Å²) >= 11 is 0. The third-order valence-electron chi connectivity index (χ3n) is 5.14. The zero-order chi connectivity index (χ0) is 19.7. The Bertz CT molecular complexity index is 790. The molecule has 0 radical (unpaired) electrons. The quantitative estimate of drug-likeness (QED) is 0.841. The van der Waals surface area contributed by atoms with Crippen LogP contribution in [0.5, 0.6) is 5.75 Å². The van der Waals surface area contributed by atoms with E-state index in [9.17, 15) is 15.0 Å². The molecule has 1 aliphatic heterocycles. The summed E-state index contributed by atoms with van der Waals surface area (Å²) in [5.74, 6) is 0.668. The molecule has 6 heteroatoms. The van der Waals surface area contributed by atoms with Crippen molar-refractivity contribution in [1.29, 1.82) is 0 Å². The van der Waals surface area contributed by atoms with Crippen molar-refractivity contribution >= 4 is 6.09 Å². The van der Waals surface area contributed by atoms with Gasteiger partial charge in [-0.1, -0.05) is 42.5 Å². The Hall–Kier alpha value is -2.57. The van der Waals surface area contributed by atoms with Gasteiger partial charge in [0.05, 0.1) is 13.7 Å². The molecule has 0 aromatic heterocycles. The van der Waals surface area contributed by atoms with Gasteiger partial charge in [0, 0.05) is 6.42 Å². The van der Waals surface area contributed by atoms with Gasteiger partial charge in [0.1, 0.15) is 23.1 Å². The van der Waals surface area contributed by atoms with Gasteiger partial charge in [-0.25, -0.2) is 4.79 Å². The maximum Gasteiger partial charge on any atom is 0.410 e. The molecule has 27 heavy (non-hydrogen) atoms. The number of hydrogen-bond acceptors (Lipinski definition) is 4. The van der Waals surface area contributed by atoms with Crippen molar-refractivity contribution in [2.75, 3.05) is 13.7 Å². The summed E-state index contributed by atoms with van der Waals surface area (Å²) in [4.78, 5) is 13.4. The van der Waals surface area contributed by atoms with Crippen LogP contribution in [0.2, 0.25) is 0 Å². The van der Waals surface area contributed by atoms with E-state index in [0.717, 1.165) is 5.56 Å². The first-order valence-corrected chi connectivity index (χ1v) is 8.83. The molecular weight excluding hydrogens is 346 g/mol. The zero-order valence-corrected chi connectivity index (χ0v) is 15.8. The van der Waals surface area contributed by atoms with Gasteiger partial charge in [0.2, 0.25) is 0 Å². The Balaban J connectivity index is 2.07. The Morgan fingerprint density at radius 3 is 2.37 bits per heavy atom. The minimum Gasteiger partial charge on any atom is -0.497 e. The summed E-state index contributed by atoms with van der Waals surface area (Å²) in [7, 11) is 1.57. The van der Waals surface area contributed by atoms with E-state index < -0.39 is 23.5 Å². The van der Waals surface area contributed by atoms with Crippen LogP contribution in [0.25, 0.3) is 0 Å². The number of carbonyl (C=O) groups is 1. The van der Waals surface area contributed by atoms with Crippen molar-refractivity contribution in [2.24, 2.45) is 0 Å². The van der Waals surface area contributed by atoms with Gasteiger partial charge < -0.3 is 19.7 Å². The van der Waals surface area contributed by atoms with E-state index in [1.165, 1.54) is 4.90 Å². The third-order valence-corrected chi connectivity index (χ3v) is 5.14. The lowest BCUT2D eigenvalue weighted by Crippen LogP contribution is -2.59. The zero-order valence-electron chi connectivity index (χ0n) is 15.8. The van der Waals surface area contributed by atoms with Gasteiger partial charge in [-0.3, -0.25) is 4.90 Å². The Morgan fingerprint density at radius 2 is 1.81 bits per heavy atom. The molecule has 2 N–H and O–H groups in total. The largest absolute Gasteiger partial charge is 0.497 e. The normalized spacial score (nSPS) is 22.4. The van der Waals surface area contributed by atoms with Crippen molar-refractivity contribution in [3.63, 3.8) is 0 Å². The van der Waals surface area contributed by atoms with Crippen LogP contribution in [-0.4, -0.2) is 46.2 Å². The van der Waals surface area contributed by atoms with Crippen LogP contribution in [0.1, 0.15) is 31.1 Å². The molecule has 0 spiro atoms. The fourth-order valence-corrected chi connectivity index (χ4v) is 3.86. The van der Waals surface area contributed by atoms with Crippen LogP contribution in [0, 0.1) is 0 Å². The predicted molar refractivity (Wildman–Crippen MR) is 101 cm³/mol. The second-order valence-corrected chi connectivity index (χ2v) is 7.30. The van der Waals surface area contributed by atoms with Gasteiger partial charge >= 0.3 is 6.09 Å². The van der Waals surface area contributed by atoms with Gasteiger partial charge in [-0.2, -0.15) is 0 Å². The number of benzene rings is 2. The van der Waals surface area contributed by atoms with E-state index in [-0.39, 0.29) is 6.61 Å². The number of ether oxygens (including phenoxy) is 2. The molecule has 1 aliphatic rings. The van der Waals surface area contributed by atoms with Crippen molar-refractivity contribution in [3.05, 3.63) is 65.7 Å². The lowest BCUT2D eigenvalue weighted by atomic mass is 9.81. The summed E-state index contributed by atoms with van der Waals surface area (Å²) in [6.07, 6.45) is -1.86. The van der Waals surface area contributed by atoms with Crippen molar-refractivity contribution in [1.82, 2.24) is 4.90 Å². The van der Waals surface area contributed by atoms with Crippen molar-refractivity contribution < 1.29 is 24.5 Å². The SMILES string of the molecule is COc1ccc([C@@H](O)C2(Cc3ccccc3)COC(C)(C)N2C(=O)O)cc1. The summed E-state index contributed by atoms with van der Waals surface area (Å²) in [5.41, 5.74) is -0.656. The minimum atomic E-state index is -1.15. The minimum absolute atomic E-state index is 0.0917. The predicted octanol–water partition coefficient (Wildman–Crippen LogP) is 3.46. The Morgan fingerprint density at radius 1 is 1.19 bits per heavy atom. The molecule has 0 bridgehead atoms. The standard InChI is InChI=1S/C21H25NO5/c1-20(2)22(19(24)25)21(14-27-20,13-15-7-5-4-6-8-15)18(23)16-9-11-17(26-3)12-10-16/h4-12,18,23H,13-14H2,1-3H3,(H,24,25)/t18-,21?/m1/s1. The lowest BCUT2D eigenvalue weighted by molar-refractivity contribution is -0.0619. The van der Waals surface area contributed by atoms with Crippen LogP contribution in [-0.2, 0) is 11.2 Å². The summed E-state index contributed by atoms with van der Waals surface area (Å²) in [6, 6.07) is 16.6. The Kier molecular flexibility index (Phi) is 5.13. The fraction of sp³-hybridized carbons (Fsp3) is 0.381. The van der Waals surface area contributed by atoms with Crippen LogP contribution in [0.4, 0.5) is 4.79 Å². The molecule has 1 saturated heterocycles. The smallest absolute Gasteiger partial charge is 0.410 e. The van der Waals surface area contributed by atoms with E-state index in [1.807, 2.05) is 30.3 Å². The number of aliphatic hydroxyl groups is 1. The number of aliphatic hydroxyl groups excluding tert-OH is 1. The average molecular weight is 371 g/mol. The molecule has 1 amide bonds. The highest BCUT2D eigenvalue weighted by atomic mass is 16.5. The maximum atomic E-state index is 12.2. The average Bonchev–Trinajstić information content (AvgIpc) is 2.93. The molecule has 144 valence electrons. The lowest BCUT2D eigenvalue weighted by Gasteiger charge is -2.43. The van der Waals surface area contributed by atoms with Gasteiger partial charge in [0.25, 0.3) is 0 Å². The van der Waals surface area contributed by atoms with Crippen LogP contribution in [0.3, 0.4) is 0 Å². The van der Waals surface area contributed by atoms with E-state index >= 15 is 0 Å². The summed E-state index contributed by atoms with van der Waals surface area (Å²) in [5, 5.41) is 21.3. The molecule has 0 saturated carbocycles. The van der Waals surface area contributed by atoms with Crippen molar-refractivity contribution in [2.45, 2.75) is 37.6 Å². The first kappa shape index (κ1) is 19.2. The fourth-order valence-electron chi connectivity index (χ4n) is 3.86. The molecule has 2 aromatic carbocycles. The number of carboxylic acid groups (broad SMARTS) is 1. The molecule has 6 nitrogen and oxygen atoms in total. The first-order chi connectivity index (χ1) is 12.8. The van der Waals surface area contributed by atoms with E-state index in [1.54, 1.807) is 45.2 Å². The second-order valence-electron chi connectivity index (χ2n) is 7.30. The molecule has 2 aromatic rings. The van der Waals surface area contributed by atoms with Crippen LogP contribution < -0.4 is 4.74 Å². The maximum absolute atomic E-state index is 12.2. The molecule has 3 rings (SSSR count). The number of hydrogen-bond donors (Lipinski definition) is 2. The molecule has 1 unspecified atom stereocenters. The van der Waals surface area contributed by atoms with Gasteiger partial charge in [-0.05, 0) is 37.1 Å². The van der Waals surface area contributed by atoms with E-state index in [4.69, 9.17) is 9.47 Å². The number of amides is 1. The van der Waals surface area contributed by atoms with E-state index in [0.29, 0.717) is 17.7 Å². The Labute approximate surface area is 159 Å². The van der Waals surface area contributed by atoms with Crippen LogP contribution in [0.15, 0.2) is 54.6 Å². The highest BCUT2D eigenvalue weighted by molar-refractivity contribution is 5.68. The van der Waals surface area contributed by atoms with Crippen molar-refractivity contribution in [3.8, 4) is 5.75 Å². The second kappa shape index (κ2) is 7.21. The van der Waals surface area contributed by atoms with Crippen LogP contribution >= 0.6 is 0 Å². The van der Waals surface area contributed by atoms with Gasteiger partial charge in [0.15, 0.2) is 0 Å². The topological polar surface area (TPSA) is 79.2 Å². The third kappa shape index (κ3) is 3.50. The molecule has 1 fully saturated rings. The highest BCUT2D eigenvalue weighted by Crippen LogP contribution is 2.45.